The largest absolute Gasteiger partial charge is 0.459 e. The van der Waals surface area contributed by atoms with Crippen molar-refractivity contribution in [1.82, 2.24) is 10.1 Å². The molecule has 4 aromatic rings. The summed E-state index contributed by atoms with van der Waals surface area (Å²) in [6.45, 7) is 1.88. The Balaban J connectivity index is 1.41. The Morgan fingerprint density at radius 3 is 2.58 bits per heavy atom. The molecule has 0 saturated heterocycles. The van der Waals surface area contributed by atoms with E-state index in [1.807, 2.05) is 24.3 Å². The van der Waals surface area contributed by atoms with Crippen molar-refractivity contribution < 1.29 is 23.3 Å². The van der Waals surface area contributed by atoms with Crippen LogP contribution in [0.25, 0.3) is 11.4 Å². The van der Waals surface area contributed by atoms with Crippen LogP contribution in [0.1, 0.15) is 39.3 Å². The number of furan rings is 1. The Hall–Kier alpha value is -4.20. The molecular weight excluding hydrogens is 398 g/mol. The first-order valence-corrected chi connectivity index (χ1v) is 9.67. The number of nitrogens with zero attached hydrogens (tertiary/aromatic N) is 2. The van der Waals surface area contributed by atoms with Crippen LogP contribution in [0.2, 0.25) is 0 Å². The number of hydrogen-bond acceptors (Lipinski definition) is 7. The summed E-state index contributed by atoms with van der Waals surface area (Å²) in [4.78, 5) is 29.1. The molecule has 2 heterocycles. The molecule has 0 radical (unpaired) electrons. The summed E-state index contributed by atoms with van der Waals surface area (Å²) in [5.74, 6) is -0.392. The summed E-state index contributed by atoms with van der Waals surface area (Å²) in [6, 6.07) is 17.5. The molecule has 0 fully saturated rings. The van der Waals surface area contributed by atoms with Gasteiger partial charge < -0.3 is 19.0 Å². The number of rotatable bonds is 7. The summed E-state index contributed by atoms with van der Waals surface area (Å²) in [6.07, 6.45) is 2.34. The summed E-state index contributed by atoms with van der Waals surface area (Å²) in [7, 11) is 0. The van der Waals surface area contributed by atoms with Crippen LogP contribution in [0.3, 0.4) is 0 Å². The maximum Gasteiger partial charge on any atom is 0.340 e. The number of amides is 1. The molecule has 2 aromatic carbocycles. The molecule has 1 N–H and O–H groups in total. The summed E-state index contributed by atoms with van der Waals surface area (Å²) in [5, 5.41) is 6.58. The van der Waals surface area contributed by atoms with E-state index < -0.39 is 11.9 Å². The Kier molecular flexibility index (Phi) is 5.89. The third kappa shape index (κ3) is 4.69. The Labute approximate surface area is 177 Å². The van der Waals surface area contributed by atoms with Gasteiger partial charge in [-0.1, -0.05) is 48.5 Å². The minimum Gasteiger partial charge on any atom is -0.459 e. The SMILES string of the molecule is CCc1ccc(-c2noc(COC(=O)c3ccccc3NC(=O)c3ccco3)n2)cc1. The topological polar surface area (TPSA) is 107 Å². The molecule has 0 spiro atoms. The lowest BCUT2D eigenvalue weighted by Gasteiger charge is -2.09. The molecule has 0 bridgehead atoms. The number of nitrogens with one attached hydrogen (secondary N) is 1. The van der Waals surface area contributed by atoms with E-state index in [-0.39, 0.29) is 23.8 Å². The molecule has 0 atom stereocenters. The number of carbonyl (C=O) groups is 2. The summed E-state index contributed by atoms with van der Waals surface area (Å²) in [5.41, 5.74) is 2.51. The first kappa shape index (κ1) is 20.1. The molecule has 1 amide bonds. The zero-order valence-electron chi connectivity index (χ0n) is 16.7. The van der Waals surface area contributed by atoms with Crippen molar-refractivity contribution in [2.45, 2.75) is 20.0 Å². The van der Waals surface area contributed by atoms with Crippen molar-refractivity contribution in [1.29, 1.82) is 0 Å². The number of anilines is 1. The van der Waals surface area contributed by atoms with Crippen molar-refractivity contribution >= 4 is 17.6 Å². The standard InChI is InChI=1S/C23H19N3O5/c1-2-15-9-11-16(12-10-15)21-25-20(31-26-21)14-30-23(28)17-6-3-4-7-18(17)24-22(27)19-8-5-13-29-19/h3-13H,2,14H2,1H3,(H,24,27). The predicted octanol–water partition coefficient (Wildman–Crippen LogP) is 4.50. The summed E-state index contributed by atoms with van der Waals surface area (Å²) >= 11 is 0. The van der Waals surface area contributed by atoms with Crippen molar-refractivity contribution in [3.8, 4) is 11.4 Å². The van der Waals surface area contributed by atoms with Crippen LogP contribution < -0.4 is 5.32 Å². The average Bonchev–Trinajstić information content (AvgIpc) is 3.50. The lowest BCUT2D eigenvalue weighted by atomic mass is 10.1. The van der Waals surface area contributed by atoms with Gasteiger partial charge in [0.05, 0.1) is 17.5 Å². The van der Waals surface area contributed by atoms with Gasteiger partial charge in [-0.15, -0.1) is 0 Å². The third-order valence-corrected chi connectivity index (χ3v) is 4.56. The Morgan fingerprint density at radius 1 is 1.03 bits per heavy atom. The molecule has 0 unspecified atom stereocenters. The number of ether oxygens (including phenoxy) is 1. The molecule has 8 heteroatoms. The van der Waals surface area contributed by atoms with E-state index in [4.69, 9.17) is 13.7 Å². The van der Waals surface area contributed by atoms with E-state index in [1.54, 1.807) is 30.3 Å². The van der Waals surface area contributed by atoms with Gasteiger partial charge in [0.1, 0.15) is 0 Å². The van der Waals surface area contributed by atoms with E-state index >= 15 is 0 Å². The molecular formula is C23H19N3O5. The second kappa shape index (κ2) is 9.08. The van der Waals surface area contributed by atoms with Gasteiger partial charge in [0.2, 0.25) is 5.82 Å². The van der Waals surface area contributed by atoms with Crippen molar-refractivity contribution in [3.05, 3.63) is 89.7 Å². The van der Waals surface area contributed by atoms with Gasteiger partial charge in [-0.05, 0) is 36.2 Å². The number of para-hydroxylation sites is 1. The number of esters is 1. The normalized spacial score (nSPS) is 10.6. The van der Waals surface area contributed by atoms with E-state index in [0.29, 0.717) is 11.5 Å². The van der Waals surface area contributed by atoms with Crippen LogP contribution in [-0.4, -0.2) is 22.0 Å². The van der Waals surface area contributed by atoms with Crippen LogP contribution >= 0.6 is 0 Å². The van der Waals surface area contributed by atoms with Gasteiger partial charge in [-0.3, -0.25) is 4.79 Å². The number of carbonyl (C=O) groups excluding carboxylic acids is 2. The average molecular weight is 417 g/mol. The Bertz CT molecular complexity index is 1180. The molecule has 4 rings (SSSR count). The second-order valence-corrected chi connectivity index (χ2v) is 6.62. The van der Waals surface area contributed by atoms with Crippen LogP contribution in [0.15, 0.2) is 75.9 Å². The smallest absolute Gasteiger partial charge is 0.340 e. The Morgan fingerprint density at radius 2 is 1.84 bits per heavy atom. The van der Waals surface area contributed by atoms with Crippen LogP contribution in [0.5, 0.6) is 0 Å². The molecule has 156 valence electrons. The number of benzene rings is 2. The lowest BCUT2D eigenvalue weighted by molar-refractivity contribution is 0.0431. The van der Waals surface area contributed by atoms with Gasteiger partial charge in [0.25, 0.3) is 11.8 Å². The van der Waals surface area contributed by atoms with Crippen LogP contribution in [0.4, 0.5) is 5.69 Å². The van der Waals surface area contributed by atoms with Gasteiger partial charge in [0.15, 0.2) is 12.4 Å². The minimum atomic E-state index is -0.637. The van der Waals surface area contributed by atoms with E-state index in [1.165, 1.54) is 17.9 Å². The number of hydrogen-bond donors (Lipinski definition) is 1. The first-order valence-electron chi connectivity index (χ1n) is 9.67. The molecule has 2 aromatic heterocycles. The number of aryl methyl sites for hydroxylation is 1. The van der Waals surface area contributed by atoms with Crippen molar-refractivity contribution in [2.24, 2.45) is 0 Å². The second-order valence-electron chi connectivity index (χ2n) is 6.62. The van der Waals surface area contributed by atoms with Gasteiger partial charge >= 0.3 is 5.97 Å². The lowest BCUT2D eigenvalue weighted by Crippen LogP contribution is -2.15. The highest BCUT2D eigenvalue weighted by Crippen LogP contribution is 2.20. The summed E-state index contributed by atoms with van der Waals surface area (Å²) < 4.78 is 15.6. The fraction of sp³-hybridized carbons (Fsp3) is 0.130. The quantitative estimate of drug-likeness (QED) is 0.441. The fourth-order valence-electron chi connectivity index (χ4n) is 2.89. The minimum absolute atomic E-state index is 0.133. The molecule has 31 heavy (non-hydrogen) atoms. The fourth-order valence-corrected chi connectivity index (χ4v) is 2.89. The van der Waals surface area contributed by atoms with E-state index in [0.717, 1.165) is 12.0 Å². The third-order valence-electron chi connectivity index (χ3n) is 4.56. The maximum atomic E-state index is 12.6. The molecule has 8 nitrogen and oxygen atoms in total. The van der Waals surface area contributed by atoms with Gasteiger partial charge in [-0.25, -0.2) is 4.79 Å². The van der Waals surface area contributed by atoms with E-state index in [9.17, 15) is 9.59 Å². The molecule has 0 aliphatic carbocycles. The van der Waals surface area contributed by atoms with Crippen LogP contribution in [0, 0.1) is 0 Å². The molecule has 0 aliphatic rings. The molecule has 0 aliphatic heterocycles. The number of aromatic nitrogens is 2. The monoisotopic (exact) mass is 417 g/mol. The first-order chi connectivity index (χ1) is 15.1. The molecule has 0 saturated carbocycles. The highest BCUT2D eigenvalue weighted by molar-refractivity contribution is 6.06. The van der Waals surface area contributed by atoms with Crippen molar-refractivity contribution in [3.63, 3.8) is 0 Å². The zero-order valence-corrected chi connectivity index (χ0v) is 16.7. The van der Waals surface area contributed by atoms with Crippen molar-refractivity contribution in [2.75, 3.05) is 5.32 Å². The van der Waals surface area contributed by atoms with Gasteiger partial charge in [-0.2, -0.15) is 4.98 Å². The predicted molar refractivity (Wildman–Crippen MR) is 111 cm³/mol. The zero-order chi connectivity index (χ0) is 21.6. The van der Waals surface area contributed by atoms with Gasteiger partial charge in [0, 0.05) is 5.56 Å². The van der Waals surface area contributed by atoms with E-state index in [2.05, 4.69) is 22.4 Å². The van der Waals surface area contributed by atoms with Crippen LogP contribution in [-0.2, 0) is 17.8 Å². The maximum absolute atomic E-state index is 12.6. The highest BCUT2D eigenvalue weighted by Gasteiger charge is 2.18. The highest BCUT2D eigenvalue weighted by atomic mass is 16.6.